The SMILES string of the molecule is CCCCCCCNCCc1ccc(Cl)s1. The van der Waals surface area contributed by atoms with Gasteiger partial charge in [0.1, 0.15) is 0 Å². The molecule has 1 aromatic rings. The molecule has 0 aliphatic rings. The van der Waals surface area contributed by atoms with Crippen molar-refractivity contribution >= 4 is 22.9 Å². The number of unbranched alkanes of at least 4 members (excludes halogenated alkanes) is 4. The monoisotopic (exact) mass is 259 g/mol. The zero-order valence-corrected chi connectivity index (χ0v) is 11.7. The third-order valence-corrected chi connectivity index (χ3v) is 3.93. The zero-order valence-electron chi connectivity index (χ0n) is 10.1. The van der Waals surface area contributed by atoms with Crippen molar-refractivity contribution in [1.82, 2.24) is 5.32 Å². The standard InChI is InChI=1S/C13H22ClNS/c1-2-3-4-5-6-10-15-11-9-12-7-8-13(14)16-12/h7-8,15H,2-6,9-11H2,1H3. The second kappa shape index (κ2) is 9.03. The van der Waals surface area contributed by atoms with Crippen LogP contribution in [0.25, 0.3) is 0 Å². The maximum atomic E-state index is 5.87. The molecule has 0 atom stereocenters. The molecule has 1 nitrogen and oxygen atoms in total. The lowest BCUT2D eigenvalue weighted by Crippen LogP contribution is -2.18. The Kier molecular flexibility index (Phi) is 7.91. The van der Waals surface area contributed by atoms with Crippen LogP contribution in [0.4, 0.5) is 0 Å². The molecule has 0 spiro atoms. The van der Waals surface area contributed by atoms with E-state index in [2.05, 4.69) is 18.3 Å². The lowest BCUT2D eigenvalue weighted by Gasteiger charge is -2.03. The average Bonchev–Trinajstić information content (AvgIpc) is 2.68. The number of halogens is 1. The highest BCUT2D eigenvalue weighted by Gasteiger charge is 1.97. The van der Waals surface area contributed by atoms with E-state index in [1.165, 1.54) is 37.0 Å². The van der Waals surface area contributed by atoms with E-state index in [1.807, 2.05) is 6.07 Å². The normalized spacial score (nSPS) is 10.9. The summed E-state index contributed by atoms with van der Waals surface area (Å²) in [5.41, 5.74) is 0. The van der Waals surface area contributed by atoms with Crippen molar-refractivity contribution in [2.75, 3.05) is 13.1 Å². The second-order valence-electron chi connectivity index (χ2n) is 4.12. The van der Waals surface area contributed by atoms with Gasteiger partial charge in [0.15, 0.2) is 0 Å². The summed E-state index contributed by atoms with van der Waals surface area (Å²) in [5.74, 6) is 0. The van der Waals surface area contributed by atoms with Gasteiger partial charge >= 0.3 is 0 Å². The molecular formula is C13H22ClNS. The summed E-state index contributed by atoms with van der Waals surface area (Å²) in [6, 6.07) is 4.10. The summed E-state index contributed by atoms with van der Waals surface area (Å²) in [6.45, 7) is 4.48. The maximum absolute atomic E-state index is 5.87. The molecular weight excluding hydrogens is 238 g/mol. The van der Waals surface area contributed by atoms with E-state index in [-0.39, 0.29) is 0 Å². The molecule has 0 aliphatic heterocycles. The van der Waals surface area contributed by atoms with Crippen LogP contribution in [0, 0.1) is 0 Å². The number of rotatable bonds is 9. The van der Waals surface area contributed by atoms with Crippen molar-refractivity contribution in [3.63, 3.8) is 0 Å². The van der Waals surface area contributed by atoms with E-state index < -0.39 is 0 Å². The van der Waals surface area contributed by atoms with Crippen molar-refractivity contribution in [3.05, 3.63) is 21.3 Å². The van der Waals surface area contributed by atoms with Gasteiger partial charge in [-0.15, -0.1) is 11.3 Å². The van der Waals surface area contributed by atoms with Gasteiger partial charge in [-0.2, -0.15) is 0 Å². The predicted molar refractivity (Wildman–Crippen MR) is 74.7 cm³/mol. The van der Waals surface area contributed by atoms with Gasteiger partial charge in [-0.1, -0.05) is 44.2 Å². The van der Waals surface area contributed by atoms with E-state index in [9.17, 15) is 0 Å². The third-order valence-electron chi connectivity index (χ3n) is 2.63. The van der Waals surface area contributed by atoms with E-state index in [0.717, 1.165) is 23.8 Å². The Morgan fingerprint density at radius 3 is 2.62 bits per heavy atom. The molecule has 3 heteroatoms. The van der Waals surface area contributed by atoms with E-state index in [4.69, 9.17) is 11.6 Å². The Balaban J connectivity index is 1.88. The van der Waals surface area contributed by atoms with Gasteiger partial charge < -0.3 is 5.32 Å². The van der Waals surface area contributed by atoms with Crippen LogP contribution in [0.1, 0.15) is 43.9 Å². The molecule has 0 fully saturated rings. The first-order valence-electron chi connectivity index (χ1n) is 6.28. The first-order valence-corrected chi connectivity index (χ1v) is 7.47. The molecule has 0 radical (unpaired) electrons. The molecule has 0 bridgehead atoms. The number of hydrogen-bond acceptors (Lipinski definition) is 2. The molecule has 16 heavy (non-hydrogen) atoms. The van der Waals surface area contributed by atoms with Crippen LogP contribution in [0.3, 0.4) is 0 Å². The Hall–Kier alpha value is -0.0500. The molecule has 1 aromatic heterocycles. The van der Waals surface area contributed by atoms with Gasteiger partial charge in [-0.3, -0.25) is 0 Å². The largest absolute Gasteiger partial charge is 0.316 e. The summed E-state index contributed by atoms with van der Waals surface area (Å²) in [7, 11) is 0. The van der Waals surface area contributed by atoms with Crippen LogP contribution in [-0.2, 0) is 6.42 Å². The summed E-state index contributed by atoms with van der Waals surface area (Å²) in [6.07, 6.45) is 7.88. The molecule has 1 heterocycles. The van der Waals surface area contributed by atoms with E-state index in [1.54, 1.807) is 11.3 Å². The molecule has 0 saturated heterocycles. The van der Waals surface area contributed by atoms with Crippen molar-refractivity contribution in [2.24, 2.45) is 0 Å². The number of thiophene rings is 1. The average molecular weight is 260 g/mol. The Morgan fingerprint density at radius 2 is 1.94 bits per heavy atom. The van der Waals surface area contributed by atoms with Crippen LogP contribution in [0.15, 0.2) is 12.1 Å². The minimum absolute atomic E-state index is 0.898. The highest BCUT2D eigenvalue weighted by molar-refractivity contribution is 7.16. The van der Waals surface area contributed by atoms with Gasteiger partial charge in [-0.25, -0.2) is 0 Å². The number of hydrogen-bond donors (Lipinski definition) is 1. The molecule has 0 aliphatic carbocycles. The third kappa shape index (κ3) is 6.51. The van der Waals surface area contributed by atoms with Gasteiger partial charge in [-0.05, 0) is 38.1 Å². The lowest BCUT2D eigenvalue weighted by atomic mass is 10.1. The van der Waals surface area contributed by atoms with Gasteiger partial charge in [0.2, 0.25) is 0 Å². The fraction of sp³-hybridized carbons (Fsp3) is 0.692. The van der Waals surface area contributed by atoms with Crippen molar-refractivity contribution in [1.29, 1.82) is 0 Å². The highest BCUT2D eigenvalue weighted by atomic mass is 35.5. The van der Waals surface area contributed by atoms with Gasteiger partial charge in [0.05, 0.1) is 4.34 Å². The van der Waals surface area contributed by atoms with Crippen molar-refractivity contribution in [2.45, 2.75) is 45.4 Å². The fourth-order valence-corrected chi connectivity index (χ4v) is 2.76. The van der Waals surface area contributed by atoms with Gasteiger partial charge in [0.25, 0.3) is 0 Å². The molecule has 0 aromatic carbocycles. The first-order chi connectivity index (χ1) is 7.83. The van der Waals surface area contributed by atoms with E-state index in [0.29, 0.717) is 0 Å². The summed E-state index contributed by atoms with van der Waals surface area (Å²) in [4.78, 5) is 1.38. The molecule has 92 valence electrons. The van der Waals surface area contributed by atoms with Crippen LogP contribution in [0.2, 0.25) is 4.34 Å². The minimum atomic E-state index is 0.898. The summed E-state index contributed by atoms with van der Waals surface area (Å²) < 4.78 is 0.898. The Bertz CT molecular complexity index is 273. The Morgan fingerprint density at radius 1 is 1.12 bits per heavy atom. The predicted octanol–water partition coefficient (Wildman–Crippen LogP) is 4.50. The van der Waals surface area contributed by atoms with Crippen LogP contribution < -0.4 is 5.32 Å². The topological polar surface area (TPSA) is 12.0 Å². The van der Waals surface area contributed by atoms with Crippen molar-refractivity contribution < 1.29 is 0 Å². The first kappa shape index (κ1) is 14.0. The molecule has 1 N–H and O–H groups in total. The van der Waals surface area contributed by atoms with Crippen LogP contribution in [-0.4, -0.2) is 13.1 Å². The lowest BCUT2D eigenvalue weighted by molar-refractivity contribution is 0.585. The molecule has 1 rings (SSSR count). The fourth-order valence-electron chi connectivity index (χ4n) is 1.68. The quantitative estimate of drug-likeness (QED) is 0.644. The number of nitrogens with one attached hydrogen (secondary N) is 1. The smallest absolute Gasteiger partial charge is 0.0931 e. The minimum Gasteiger partial charge on any atom is -0.316 e. The zero-order chi connectivity index (χ0) is 11.6. The summed E-state index contributed by atoms with van der Waals surface area (Å²) in [5, 5.41) is 3.48. The molecule has 0 saturated carbocycles. The summed E-state index contributed by atoms with van der Waals surface area (Å²) >= 11 is 7.56. The van der Waals surface area contributed by atoms with Gasteiger partial charge in [0, 0.05) is 4.88 Å². The Labute approximate surface area is 108 Å². The maximum Gasteiger partial charge on any atom is 0.0931 e. The highest BCUT2D eigenvalue weighted by Crippen LogP contribution is 2.21. The molecule has 0 unspecified atom stereocenters. The van der Waals surface area contributed by atoms with Crippen LogP contribution >= 0.6 is 22.9 Å². The van der Waals surface area contributed by atoms with Crippen LogP contribution in [0.5, 0.6) is 0 Å². The van der Waals surface area contributed by atoms with E-state index >= 15 is 0 Å². The van der Waals surface area contributed by atoms with Crippen molar-refractivity contribution in [3.8, 4) is 0 Å². The second-order valence-corrected chi connectivity index (χ2v) is 5.92. The molecule has 0 amide bonds.